The molecule has 2 rings (SSSR count). The maximum Gasteiger partial charge on any atom is 0.0931 e. The summed E-state index contributed by atoms with van der Waals surface area (Å²) in [6, 6.07) is 0.681. The van der Waals surface area contributed by atoms with Gasteiger partial charge in [-0.05, 0) is 38.1 Å². The molecule has 3 heteroatoms. The van der Waals surface area contributed by atoms with Gasteiger partial charge < -0.3 is 5.32 Å². The first-order valence-electron chi connectivity index (χ1n) is 8.56. The summed E-state index contributed by atoms with van der Waals surface area (Å²) in [4.78, 5) is 4.91. The van der Waals surface area contributed by atoms with Crippen molar-refractivity contribution in [2.45, 2.75) is 77.7 Å². The van der Waals surface area contributed by atoms with E-state index in [9.17, 15) is 0 Å². The molecule has 0 spiro atoms. The Morgan fingerprint density at radius 1 is 1.33 bits per heavy atom. The van der Waals surface area contributed by atoms with Gasteiger partial charge in [0.05, 0.1) is 10.7 Å². The second-order valence-corrected chi connectivity index (χ2v) is 8.65. The van der Waals surface area contributed by atoms with Crippen molar-refractivity contribution in [3.8, 4) is 0 Å². The minimum atomic E-state index is 0.175. The van der Waals surface area contributed by atoms with Gasteiger partial charge in [0.2, 0.25) is 0 Å². The Labute approximate surface area is 134 Å². The number of thiazole rings is 1. The fraction of sp³-hybridized carbons (Fsp3) is 0.833. The average Bonchev–Trinajstić information content (AvgIpc) is 2.88. The standard InChI is InChI=1S/C18H32N2S/c1-6-7-13-8-9-15(19-5)14(10-13)11-17-20-16(12-21-17)18(2,3)4/h12-15,19H,6-11H2,1-5H3. The Hall–Kier alpha value is -0.410. The molecule has 1 aliphatic rings. The Morgan fingerprint density at radius 3 is 2.67 bits per heavy atom. The van der Waals surface area contributed by atoms with Gasteiger partial charge in [-0.1, -0.05) is 40.5 Å². The van der Waals surface area contributed by atoms with E-state index in [0.29, 0.717) is 6.04 Å². The molecule has 0 aromatic carbocycles. The highest BCUT2D eigenvalue weighted by Crippen LogP contribution is 2.35. The van der Waals surface area contributed by atoms with Gasteiger partial charge in [-0.15, -0.1) is 11.3 Å². The summed E-state index contributed by atoms with van der Waals surface area (Å²) < 4.78 is 0. The van der Waals surface area contributed by atoms with Gasteiger partial charge in [0.1, 0.15) is 0 Å². The SMILES string of the molecule is CCCC1CCC(NC)C(Cc2nc(C(C)(C)C)cs2)C1. The molecule has 0 aliphatic heterocycles. The summed E-state index contributed by atoms with van der Waals surface area (Å²) in [5.41, 5.74) is 1.43. The van der Waals surface area contributed by atoms with Crippen molar-refractivity contribution < 1.29 is 0 Å². The van der Waals surface area contributed by atoms with E-state index >= 15 is 0 Å². The van der Waals surface area contributed by atoms with Crippen LogP contribution < -0.4 is 5.32 Å². The van der Waals surface area contributed by atoms with E-state index in [0.717, 1.165) is 18.3 Å². The summed E-state index contributed by atoms with van der Waals surface area (Å²) >= 11 is 1.86. The maximum absolute atomic E-state index is 4.91. The second kappa shape index (κ2) is 7.23. The highest BCUT2D eigenvalue weighted by atomic mass is 32.1. The van der Waals surface area contributed by atoms with Crippen LogP contribution in [0.25, 0.3) is 0 Å². The molecule has 2 nitrogen and oxygen atoms in total. The lowest BCUT2D eigenvalue weighted by atomic mass is 9.75. The maximum atomic E-state index is 4.91. The van der Waals surface area contributed by atoms with Crippen molar-refractivity contribution >= 4 is 11.3 Å². The van der Waals surface area contributed by atoms with Crippen LogP contribution in [-0.4, -0.2) is 18.1 Å². The molecule has 0 radical (unpaired) electrons. The predicted molar refractivity (Wildman–Crippen MR) is 93.1 cm³/mol. The van der Waals surface area contributed by atoms with Crippen LogP contribution in [0.2, 0.25) is 0 Å². The van der Waals surface area contributed by atoms with E-state index in [1.54, 1.807) is 0 Å². The van der Waals surface area contributed by atoms with Gasteiger partial charge in [0.25, 0.3) is 0 Å². The molecule has 1 aliphatic carbocycles. The highest BCUT2D eigenvalue weighted by molar-refractivity contribution is 7.09. The van der Waals surface area contributed by atoms with Crippen molar-refractivity contribution in [1.29, 1.82) is 0 Å². The largest absolute Gasteiger partial charge is 0.317 e. The lowest BCUT2D eigenvalue weighted by Gasteiger charge is -2.36. The van der Waals surface area contributed by atoms with Crippen molar-refractivity contribution in [3.05, 3.63) is 16.1 Å². The van der Waals surface area contributed by atoms with E-state index in [4.69, 9.17) is 4.98 Å². The number of rotatable bonds is 5. The third-order valence-electron chi connectivity index (χ3n) is 4.92. The topological polar surface area (TPSA) is 24.9 Å². The average molecular weight is 309 g/mol. The Morgan fingerprint density at radius 2 is 2.10 bits per heavy atom. The van der Waals surface area contributed by atoms with E-state index < -0.39 is 0 Å². The van der Waals surface area contributed by atoms with Crippen LogP contribution in [0, 0.1) is 11.8 Å². The molecule has 1 saturated carbocycles. The first-order valence-corrected chi connectivity index (χ1v) is 9.44. The van der Waals surface area contributed by atoms with E-state index in [1.165, 1.54) is 42.8 Å². The van der Waals surface area contributed by atoms with Gasteiger partial charge in [-0.3, -0.25) is 0 Å². The second-order valence-electron chi connectivity index (χ2n) is 7.70. The number of aromatic nitrogens is 1. The number of hydrogen-bond donors (Lipinski definition) is 1. The zero-order valence-electron chi connectivity index (χ0n) is 14.4. The summed E-state index contributed by atoms with van der Waals surface area (Å²) in [7, 11) is 2.13. The Bertz CT molecular complexity index is 433. The lowest BCUT2D eigenvalue weighted by Crippen LogP contribution is -2.39. The van der Waals surface area contributed by atoms with Gasteiger partial charge in [0.15, 0.2) is 0 Å². The number of nitrogens with zero attached hydrogens (tertiary/aromatic N) is 1. The zero-order valence-corrected chi connectivity index (χ0v) is 15.2. The summed E-state index contributed by atoms with van der Waals surface area (Å²) in [5, 5.41) is 7.15. The normalized spacial score (nSPS) is 27.0. The Kier molecular flexibility index (Phi) is 5.84. The Balaban J connectivity index is 2.02. The van der Waals surface area contributed by atoms with Gasteiger partial charge >= 0.3 is 0 Å². The van der Waals surface area contributed by atoms with Crippen molar-refractivity contribution in [1.82, 2.24) is 10.3 Å². The van der Waals surface area contributed by atoms with Crippen molar-refractivity contribution in [2.24, 2.45) is 11.8 Å². The highest BCUT2D eigenvalue weighted by Gasteiger charge is 2.30. The molecule has 21 heavy (non-hydrogen) atoms. The molecule has 1 aromatic rings. The molecule has 1 heterocycles. The van der Waals surface area contributed by atoms with Crippen LogP contribution >= 0.6 is 11.3 Å². The van der Waals surface area contributed by atoms with Gasteiger partial charge in [-0.25, -0.2) is 4.98 Å². The monoisotopic (exact) mass is 308 g/mol. The minimum Gasteiger partial charge on any atom is -0.317 e. The molecule has 1 fully saturated rings. The van der Waals surface area contributed by atoms with Crippen molar-refractivity contribution in [2.75, 3.05) is 7.05 Å². The first kappa shape index (κ1) is 17.0. The van der Waals surface area contributed by atoms with E-state index in [-0.39, 0.29) is 5.41 Å². The quantitative estimate of drug-likeness (QED) is 0.846. The number of nitrogens with one attached hydrogen (secondary N) is 1. The molecule has 0 amide bonds. The fourth-order valence-corrected chi connectivity index (χ4v) is 4.73. The van der Waals surface area contributed by atoms with Crippen LogP contribution in [0.15, 0.2) is 5.38 Å². The predicted octanol–water partition coefficient (Wildman–Crippen LogP) is 4.79. The molecule has 0 saturated heterocycles. The molecule has 3 atom stereocenters. The van der Waals surface area contributed by atoms with Crippen LogP contribution in [0.1, 0.15) is 70.5 Å². The fourth-order valence-electron chi connectivity index (χ4n) is 3.61. The van der Waals surface area contributed by atoms with Crippen LogP contribution in [-0.2, 0) is 11.8 Å². The van der Waals surface area contributed by atoms with Crippen LogP contribution in [0.5, 0.6) is 0 Å². The van der Waals surface area contributed by atoms with E-state index in [2.05, 4.69) is 45.4 Å². The van der Waals surface area contributed by atoms with E-state index in [1.807, 2.05) is 11.3 Å². The molecular weight excluding hydrogens is 276 g/mol. The minimum absolute atomic E-state index is 0.175. The molecule has 120 valence electrons. The molecule has 0 bridgehead atoms. The van der Waals surface area contributed by atoms with Crippen LogP contribution in [0.4, 0.5) is 0 Å². The molecular formula is C18H32N2S. The third-order valence-corrected chi connectivity index (χ3v) is 5.79. The number of hydrogen-bond acceptors (Lipinski definition) is 3. The van der Waals surface area contributed by atoms with Gasteiger partial charge in [-0.2, -0.15) is 0 Å². The lowest BCUT2D eigenvalue weighted by molar-refractivity contribution is 0.200. The summed E-state index contributed by atoms with van der Waals surface area (Å²) in [6.07, 6.45) is 8.01. The molecule has 1 aromatic heterocycles. The van der Waals surface area contributed by atoms with Crippen LogP contribution in [0.3, 0.4) is 0 Å². The molecule has 3 unspecified atom stereocenters. The van der Waals surface area contributed by atoms with Crippen molar-refractivity contribution in [3.63, 3.8) is 0 Å². The smallest absolute Gasteiger partial charge is 0.0931 e. The zero-order chi connectivity index (χ0) is 15.5. The third kappa shape index (κ3) is 4.53. The van der Waals surface area contributed by atoms with Gasteiger partial charge in [0, 0.05) is 23.3 Å². The summed E-state index contributed by atoms with van der Waals surface area (Å²) in [5.74, 6) is 1.70. The molecule has 1 N–H and O–H groups in total. The summed E-state index contributed by atoms with van der Waals surface area (Å²) in [6.45, 7) is 9.07. The first-order chi connectivity index (χ1) is 9.94.